The summed E-state index contributed by atoms with van der Waals surface area (Å²) in [5, 5.41) is 10.4. The van der Waals surface area contributed by atoms with Crippen molar-refractivity contribution in [1.82, 2.24) is 4.90 Å². The second-order valence-corrected chi connectivity index (χ2v) is 5.32. The smallest absolute Gasteiger partial charge is 0.141 e. The number of hydrogen-bond donors (Lipinski definition) is 1. The summed E-state index contributed by atoms with van der Waals surface area (Å²) in [5.41, 5.74) is -0.602. The van der Waals surface area contributed by atoms with Crippen LogP contribution in [-0.2, 0) is 4.74 Å². The Labute approximate surface area is 96.6 Å². The molecule has 0 amide bonds. The van der Waals surface area contributed by atoms with Gasteiger partial charge in [-0.3, -0.25) is 4.90 Å². The monoisotopic (exact) mass is 231 g/mol. The molecule has 0 aromatic heterocycles. The van der Waals surface area contributed by atoms with Gasteiger partial charge in [0.25, 0.3) is 0 Å². The van der Waals surface area contributed by atoms with Crippen LogP contribution in [0.4, 0.5) is 4.39 Å². The zero-order valence-electron chi connectivity index (χ0n) is 9.99. The molecule has 2 atom stereocenters. The molecule has 94 valence electrons. The molecule has 3 nitrogen and oxygen atoms in total. The van der Waals surface area contributed by atoms with E-state index in [1.54, 1.807) is 0 Å². The Morgan fingerprint density at radius 2 is 2.00 bits per heavy atom. The number of halogens is 1. The van der Waals surface area contributed by atoms with E-state index >= 15 is 0 Å². The first kappa shape index (κ1) is 12.3. The fraction of sp³-hybridized carbons (Fsp3) is 1.00. The molecule has 1 saturated carbocycles. The van der Waals surface area contributed by atoms with E-state index in [9.17, 15) is 9.50 Å². The maximum Gasteiger partial charge on any atom is 0.141 e. The van der Waals surface area contributed by atoms with Crippen molar-refractivity contribution in [3.63, 3.8) is 0 Å². The van der Waals surface area contributed by atoms with Crippen molar-refractivity contribution < 1.29 is 14.2 Å². The summed E-state index contributed by atoms with van der Waals surface area (Å²) in [6, 6.07) is -0.175. The Morgan fingerprint density at radius 1 is 1.31 bits per heavy atom. The third-order valence-electron chi connectivity index (χ3n) is 3.88. The van der Waals surface area contributed by atoms with Gasteiger partial charge in [-0.15, -0.1) is 0 Å². The highest BCUT2D eigenvalue weighted by Gasteiger charge is 2.37. The lowest BCUT2D eigenvalue weighted by atomic mass is 9.84. The van der Waals surface area contributed by atoms with Crippen LogP contribution in [0.2, 0.25) is 0 Å². The van der Waals surface area contributed by atoms with Crippen LogP contribution in [0.15, 0.2) is 0 Å². The Kier molecular flexibility index (Phi) is 3.82. The Balaban J connectivity index is 1.87. The number of likely N-dealkylation sites (N-methyl/N-ethyl adjacent to an activating group) is 1. The quantitative estimate of drug-likeness (QED) is 0.796. The molecular formula is C12H22FNO2. The van der Waals surface area contributed by atoms with E-state index in [1.165, 1.54) is 6.42 Å². The lowest BCUT2D eigenvalue weighted by Crippen LogP contribution is -2.49. The Hall–Kier alpha value is -0.190. The summed E-state index contributed by atoms with van der Waals surface area (Å²) in [7, 11) is 1.89. The molecule has 1 aliphatic carbocycles. The predicted octanol–water partition coefficient (Wildman–Crippen LogP) is 1.35. The summed E-state index contributed by atoms with van der Waals surface area (Å²) in [4.78, 5) is 1.93. The molecule has 2 aliphatic rings. The van der Waals surface area contributed by atoms with Crippen LogP contribution >= 0.6 is 0 Å². The molecule has 0 spiro atoms. The minimum atomic E-state index is -0.905. The van der Waals surface area contributed by atoms with Gasteiger partial charge in [0, 0.05) is 6.54 Å². The molecule has 0 radical (unpaired) electrons. The van der Waals surface area contributed by atoms with Crippen molar-refractivity contribution in [3.05, 3.63) is 0 Å². The molecule has 2 rings (SSSR count). The predicted molar refractivity (Wildman–Crippen MR) is 60.2 cm³/mol. The average molecular weight is 231 g/mol. The molecule has 2 fully saturated rings. The van der Waals surface area contributed by atoms with Crippen molar-refractivity contribution in [3.8, 4) is 0 Å². The Morgan fingerprint density at radius 3 is 2.56 bits per heavy atom. The summed E-state index contributed by atoms with van der Waals surface area (Å²) < 4.78 is 18.6. The van der Waals surface area contributed by atoms with E-state index in [-0.39, 0.29) is 12.6 Å². The van der Waals surface area contributed by atoms with Gasteiger partial charge in [-0.2, -0.15) is 0 Å². The lowest BCUT2D eigenvalue weighted by molar-refractivity contribution is -0.0335. The second-order valence-electron chi connectivity index (χ2n) is 5.32. The number of aliphatic hydroxyl groups is 1. The van der Waals surface area contributed by atoms with Gasteiger partial charge in [0.05, 0.1) is 24.9 Å². The molecule has 16 heavy (non-hydrogen) atoms. The molecule has 1 aliphatic heterocycles. The van der Waals surface area contributed by atoms with Crippen LogP contribution in [0, 0.1) is 0 Å². The molecule has 1 saturated heterocycles. The van der Waals surface area contributed by atoms with Crippen molar-refractivity contribution in [2.75, 3.05) is 26.8 Å². The van der Waals surface area contributed by atoms with Crippen LogP contribution in [0.25, 0.3) is 0 Å². The summed E-state index contributed by atoms with van der Waals surface area (Å²) in [6.45, 7) is 1.22. The van der Waals surface area contributed by atoms with Gasteiger partial charge in [-0.1, -0.05) is 19.3 Å². The van der Waals surface area contributed by atoms with Crippen molar-refractivity contribution in [2.24, 2.45) is 0 Å². The highest BCUT2D eigenvalue weighted by Crippen LogP contribution is 2.29. The SMILES string of the molecule is CN(CC1(O)CCCCC1)[C@@H]1COC[C@H]1F. The number of nitrogens with zero attached hydrogens (tertiary/aromatic N) is 1. The third-order valence-corrected chi connectivity index (χ3v) is 3.88. The van der Waals surface area contributed by atoms with E-state index in [0.717, 1.165) is 25.7 Å². The molecule has 0 unspecified atom stereocenters. The number of rotatable bonds is 3. The first-order valence-electron chi connectivity index (χ1n) is 6.25. The standard InChI is InChI=1S/C12H22FNO2/c1-14(11-8-16-7-10(11)13)9-12(15)5-3-2-4-6-12/h10-11,15H,2-9H2,1H3/t10-,11-/m1/s1. The Bertz CT molecular complexity index is 231. The molecule has 0 aromatic rings. The van der Waals surface area contributed by atoms with Crippen LogP contribution in [0.3, 0.4) is 0 Å². The van der Waals surface area contributed by atoms with E-state index in [1.807, 2.05) is 11.9 Å². The average Bonchev–Trinajstić information content (AvgIpc) is 2.65. The first-order chi connectivity index (χ1) is 7.61. The van der Waals surface area contributed by atoms with E-state index in [0.29, 0.717) is 13.2 Å². The van der Waals surface area contributed by atoms with Gasteiger partial charge < -0.3 is 9.84 Å². The zero-order chi connectivity index (χ0) is 11.6. The number of alkyl halides is 1. The van der Waals surface area contributed by atoms with Crippen LogP contribution < -0.4 is 0 Å². The summed E-state index contributed by atoms with van der Waals surface area (Å²) in [5.74, 6) is 0. The topological polar surface area (TPSA) is 32.7 Å². The molecule has 0 aromatic carbocycles. The van der Waals surface area contributed by atoms with Gasteiger partial charge in [-0.05, 0) is 19.9 Å². The molecule has 4 heteroatoms. The highest BCUT2D eigenvalue weighted by molar-refractivity contribution is 4.90. The van der Waals surface area contributed by atoms with Crippen LogP contribution in [-0.4, -0.2) is 54.6 Å². The van der Waals surface area contributed by atoms with Gasteiger partial charge in [-0.25, -0.2) is 4.39 Å². The lowest BCUT2D eigenvalue weighted by Gasteiger charge is -2.37. The summed E-state index contributed by atoms with van der Waals surface area (Å²) in [6.07, 6.45) is 4.18. The van der Waals surface area contributed by atoms with E-state index in [4.69, 9.17) is 4.74 Å². The van der Waals surface area contributed by atoms with Gasteiger partial charge in [0.2, 0.25) is 0 Å². The number of ether oxygens (including phenoxy) is 1. The minimum Gasteiger partial charge on any atom is -0.389 e. The number of hydrogen-bond acceptors (Lipinski definition) is 3. The maximum atomic E-state index is 13.5. The first-order valence-corrected chi connectivity index (χ1v) is 6.25. The van der Waals surface area contributed by atoms with Crippen molar-refractivity contribution in [1.29, 1.82) is 0 Å². The fourth-order valence-corrected chi connectivity index (χ4v) is 2.87. The van der Waals surface area contributed by atoms with E-state index < -0.39 is 11.8 Å². The third kappa shape index (κ3) is 2.73. The van der Waals surface area contributed by atoms with Crippen molar-refractivity contribution >= 4 is 0 Å². The largest absolute Gasteiger partial charge is 0.389 e. The van der Waals surface area contributed by atoms with Crippen molar-refractivity contribution in [2.45, 2.75) is 49.9 Å². The zero-order valence-corrected chi connectivity index (χ0v) is 9.99. The maximum absolute atomic E-state index is 13.5. The molecular weight excluding hydrogens is 209 g/mol. The van der Waals surface area contributed by atoms with Gasteiger partial charge in [0.1, 0.15) is 6.17 Å². The van der Waals surface area contributed by atoms with Crippen LogP contribution in [0.5, 0.6) is 0 Å². The van der Waals surface area contributed by atoms with Gasteiger partial charge in [0.15, 0.2) is 0 Å². The molecule has 1 N–H and O–H groups in total. The highest BCUT2D eigenvalue weighted by atomic mass is 19.1. The second kappa shape index (κ2) is 4.98. The summed E-state index contributed by atoms with van der Waals surface area (Å²) >= 11 is 0. The molecule has 1 heterocycles. The van der Waals surface area contributed by atoms with E-state index in [2.05, 4.69) is 0 Å². The molecule has 0 bridgehead atoms. The normalized spacial score (nSPS) is 34.5. The van der Waals surface area contributed by atoms with Crippen LogP contribution in [0.1, 0.15) is 32.1 Å². The fourth-order valence-electron chi connectivity index (χ4n) is 2.87. The van der Waals surface area contributed by atoms with Gasteiger partial charge >= 0.3 is 0 Å². The minimum absolute atomic E-state index is 0.175.